The van der Waals surface area contributed by atoms with Crippen LogP contribution in [0, 0.1) is 6.92 Å². The molecule has 0 saturated carbocycles. The monoisotopic (exact) mass is 295 g/mol. The molecule has 1 saturated heterocycles. The van der Waals surface area contributed by atoms with Crippen molar-refractivity contribution in [2.75, 3.05) is 18.8 Å². The van der Waals surface area contributed by atoms with Crippen LogP contribution in [0.1, 0.15) is 39.2 Å². The molecule has 1 aliphatic heterocycles. The van der Waals surface area contributed by atoms with Crippen molar-refractivity contribution in [3.63, 3.8) is 0 Å². The van der Waals surface area contributed by atoms with Crippen LogP contribution in [0.3, 0.4) is 0 Å². The number of carbonyl (C=O) groups excluding carboxylic acids is 1. The van der Waals surface area contributed by atoms with Gasteiger partial charge < -0.3 is 20.4 Å². The van der Waals surface area contributed by atoms with Gasteiger partial charge in [0.2, 0.25) is 5.56 Å². The Labute approximate surface area is 125 Å². The molecule has 21 heavy (non-hydrogen) atoms. The number of nitrogens with one attached hydrogen (secondary N) is 1. The number of ether oxygens (including phenoxy) is 1. The molecule has 118 valence electrons. The predicted molar refractivity (Wildman–Crippen MR) is 83.3 cm³/mol. The maximum atomic E-state index is 11.4. The zero-order chi connectivity index (χ0) is 16.0. The molecular weight excluding hydrogens is 270 g/mol. The molecule has 1 aromatic rings. The van der Waals surface area contributed by atoms with Crippen LogP contribution in [-0.2, 0) is 4.74 Å². The van der Waals surface area contributed by atoms with E-state index in [0.29, 0.717) is 5.82 Å². The second-order valence-corrected chi connectivity index (χ2v) is 6.15. The summed E-state index contributed by atoms with van der Waals surface area (Å²) in [6.45, 7) is 9.21. The number of pyridine rings is 1. The number of carbonyl (C=O) groups is 1. The highest BCUT2D eigenvalue weighted by molar-refractivity contribution is 5.68. The van der Waals surface area contributed by atoms with Gasteiger partial charge in [0, 0.05) is 19.2 Å². The van der Waals surface area contributed by atoms with Gasteiger partial charge in [-0.25, -0.2) is 4.79 Å². The van der Waals surface area contributed by atoms with E-state index in [4.69, 9.17) is 10.5 Å². The fourth-order valence-electron chi connectivity index (χ4n) is 1.93. The van der Waals surface area contributed by atoms with E-state index < -0.39 is 0 Å². The zero-order valence-electron chi connectivity index (χ0n) is 13.2. The quantitative estimate of drug-likeness (QED) is 0.768. The minimum atomic E-state index is -0.361. The van der Waals surface area contributed by atoms with Crippen molar-refractivity contribution >= 4 is 11.9 Å². The van der Waals surface area contributed by atoms with Gasteiger partial charge in [0.1, 0.15) is 11.4 Å². The summed E-state index contributed by atoms with van der Waals surface area (Å²) in [6.07, 6.45) is 2.05. The number of nitrogen functional groups attached to an aromatic ring is 1. The summed E-state index contributed by atoms with van der Waals surface area (Å²) in [7, 11) is 0. The number of nitrogens with zero attached hydrogens (tertiary/aromatic N) is 1. The van der Waals surface area contributed by atoms with E-state index in [1.807, 2.05) is 27.7 Å². The minimum absolute atomic E-state index is 0.146. The van der Waals surface area contributed by atoms with Crippen LogP contribution in [0.5, 0.6) is 0 Å². The molecule has 2 heterocycles. The van der Waals surface area contributed by atoms with Crippen molar-refractivity contribution in [2.24, 2.45) is 0 Å². The molecule has 2 rings (SSSR count). The van der Waals surface area contributed by atoms with E-state index in [0.717, 1.165) is 31.5 Å². The molecule has 0 unspecified atom stereocenters. The number of amides is 1. The summed E-state index contributed by atoms with van der Waals surface area (Å²) in [5.41, 5.74) is 5.68. The average Bonchev–Trinajstić information content (AvgIpc) is 2.78. The summed E-state index contributed by atoms with van der Waals surface area (Å²) in [4.78, 5) is 26.1. The Morgan fingerprint density at radius 2 is 1.86 bits per heavy atom. The number of likely N-dealkylation sites (tertiary alicyclic amines) is 1. The normalized spacial score (nSPS) is 14.4. The van der Waals surface area contributed by atoms with E-state index in [-0.39, 0.29) is 17.3 Å². The maximum Gasteiger partial charge on any atom is 0.410 e. The van der Waals surface area contributed by atoms with Crippen molar-refractivity contribution in [3.8, 4) is 0 Å². The van der Waals surface area contributed by atoms with Crippen LogP contribution < -0.4 is 11.3 Å². The number of aromatic nitrogens is 1. The predicted octanol–water partition coefficient (Wildman–Crippen LogP) is 2.28. The number of anilines is 1. The smallest absolute Gasteiger partial charge is 0.410 e. The summed E-state index contributed by atoms with van der Waals surface area (Å²) in [5.74, 6) is 0.417. The van der Waals surface area contributed by atoms with Gasteiger partial charge in [0.25, 0.3) is 0 Å². The molecule has 0 radical (unpaired) electrons. The van der Waals surface area contributed by atoms with Gasteiger partial charge in [0.15, 0.2) is 0 Å². The van der Waals surface area contributed by atoms with Crippen molar-refractivity contribution in [1.29, 1.82) is 0 Å². The van der Waals surface area contributed by atoms with Crippen LogP contribution in [0.25, 0.3) is 0 Å². The largest absolute Gasteiger partial charge is 0.444 e. The van der Waals surface area contributed by atoms with Crippen molar-refractivity contribution < 1.29 is 9.53 Å². The van der Waals surface area contributed by atoms with Crippen molar-refractivity contribution in [2.45, 2.75) is 46.1 Å². The first-order chi connectivity index (χ1) is 9.67. The Morgan fingerprint density at radius 1 is 1.29 bits per heavy atom. The molecule has 0 spiro atoms. The molecule has 1 aromatic heterocycles. The first kappa shape index (κ1) is 17.1. The topological polar surface area (TPSA) is 88.4 Å². The average molecular weight is 295 g/mol. The highest BCUT2D eigenvalue weighted by atomic mass is 16.6. The van der Waals surface area contributed by atoms with Crippen molar-refractivity contribution in [3.05, 3.63) is 28.0 Å². The molecule has 0 aromatic carbocycles. The first-order valence-electron chi connectivity index (χ1n) is 7.12. The third-order valence-electron chi connectivity index (χ3n) is 2.77. The molecule has 3 N–H and O–H groups in total. The molecular formula is C15H25N3O3. The number of aryl methyl sites for hydroxylation is 1. The van der Waals surface area contributed by atoms with E-state index in [2.05, 4.69) is 4.98 Å². The third-order valence-corrected chi connectivity index (χ3v) is 2.77. The van der Waals surface area contributed by atoms with Gasteiger partial charge >= 0.3 is 6.09 Å². The van der Waals surface area contributed by atoms with Gasteiger partial charge in [0.05, 0.1) is 0 Å². The number of nitrogens with two attached hydrogens (primary N) is 1. The molecule has 1 fully saturated rings. The Hall–Kier alpha value is -1.98. The molecule has 0 bridgehead atoms. The highest BCUT2D eigenvalue weighted by Crippen LogP contribution is 2.14. The molecule has 0 atom stereocenters. The summed E-state index contributed by atoms with van der Waals surface area (Å²) < 4.78 is 5.21. The second kappa shape index (κ2) is 7.15. The van der Waals surface area contributed by atoms with Crippen molar-refractivity contribution in [1.82, 2.24) is 9.88 Å². The lowest BCUT2D eigenvalue weighted by molar-refractivity contribution is 0.0295. The molecule has 6 nitrogen and oxygen atoms in total. The maximum absolute atomic E-state index is 11.4. The lowest BCUT2D eigenvalue weighted by Crippen LogP contribution is -2.34. The van der Waals surface area contributed by atoms with Gasteiger partial charge in [-0.2, -0.15) is 0 Å². The SMILES string of the molecule is CC(C)(C)OC(=O)N1CCCC1.Cc1cc(N)[nH]c(=O)c1. The van der Waals surface area contributed by atoms with Crippen LogP contribution in [0.2, 0.25) is 0 Å². The molecule has 1 aliphatic rings. The van der Waals surface area contributed by atoms with Crippen LogP contribution in [0.15, 0.2) is 16.9 Å². The summed E-state index contributed by atoms with van der Waals surface area (Å²) in [6, 6.07) is 3.21. The van der Waals surface area contributed by atoms with Crippen LogP contribution in [-0.4, -0.2) is 34.7 Å². The fourth-order valence-corrected chi connectivity index (χ4v) is 1.93. The standard InChI is InChI=1S/C9H17NO2.C6H8N2O/c1-9(2,3)12-8(11)10-6-4-5-7-10;1-4-2-5(7)8-6(9)3-4/h4-7H2,1-3H3;2-3H,1H3,(H3,7,8,9). The lowest BCUT2D eigenvalue weighted by Gasteiger charge is -2.23. The van der Waals surface area contributed by atoms with E-state index >= 15 is 0 Å². The number of hydrogen-bond donors (Lipinski definition) is 2. The summed E-state index contributed by atoms with van der Waals surface area (Å²) >= 11 is 0. The second-order valence-electron chi connectivity index (χ2n) is 6.15. The van der Waals surface area contributed by atoms with Gasteiger partial charge in [-0.15, -0.1) is 0 Å². The first-order valence-corrected chi connectivity index (χ1v) is 7.12. The van der Waals surface area contributed by atoms with Crippen LogP contribution in [0.4, 0.5) is 10.6 Å². The zero-order valence-corrected chi connectivity index (χ0v) is 13.2. The fraction of sp³-hybridized carbons (Fsp3) is 0.600. The van der Waals surface area contributed by atoms with E-state index in [9.17, 15) is 9.59 Å². The van der Waals surface area contributed by atoms with Gasteiger partial charge in [-0.3, -0.25) is 4.79 Å². The third kappa shape index (κ3) is 6.83. The minimum Gasteiger partial charge on any atom is -0.444 e. The van der Waals surface area contributed by atoms with Crippen LogP contribution >= 0.6 is 0 Å². The molecule has 0 aliphatic carbocycles. The number of aromatic amines is 1. The Bertz CT molecular complexity index is 502. The number of H-pyrrole nitrogens is 1. The van der Waals surface area contributed by atoms with E-state index in [1.165, 1.54) is 6.07 Å². The summed E-state index contributed by atoms with van der Waals surface area (Å²) in [5, 5.41) is 0. The Balaban J connectivity index is 0.000000219. The van der Waals surface area contributed by atoms with Gasteiger partial charge in [-0.05, 0) is 52.2 Å². The number of rotatable bonds is 0. The lowest BCUT2D eigenvalue weighted by atomic mass is 10.2. The Kier molecular flexibility index (Phi) is 5.81. The molecule has 6 heteroatoms. The molecule has 1 amide bonds. The highest BCUT2D eigenvalue weighted by Gasteiger charge is 2.23. The Morgan fingerprint density at radius 3 is 2.29 bits per heavy atom. The van der Waals surface area contributed by atoms with Gasteiger partial charge in [-0.1, -0.05) is 0 Å². The van der Waals surface area contributed by atoms with E-state index in [1.54, 1.807) is 11.0 Å². The number of hydrogen-bond acceptors (Lipinski definition) is 4.